The molecule has 1 amide bonds. The van der Waals surface area contributed by atoms with E-state index in [1.54, 1.807) is 4.90 Å². The normalized spacial score (nSPS) is 18.6. The van der Waals surface area contributed by atoms with Crippen LogP contribution >= 0.6 is 0 Å². The Hall–Kier alpha value is -2.23. The van der Waals surface area contributed by atoms with Gasteiger partial charge < -0.3 is 5.32 Å². The number of nitro benzene ring substituents is 1. The second-order valence-corrected chi connectivity index (χ2v) is 5.47. The van der Waals surface area contributed by atoms with Crippen LogP contribution in [0.2, 0.25) is 0 Å². The van der Waals surface area contributed by atoms with Crippen LogP contribution in [-0.2, 0) is 6.18 Å². The monoisotopic (exact) mass is 349 g/mol. The number of carbonyl (C=O) groups is 1. The van der Waals surface area contributed by atoms with Gasteiger partial charge in [-0.15, -0.1) is 0 Å². The first-order valence-electron chi connectivity index (χ1n) is 7.18. The molecule has 1 aliphatic heterocycles. The predicted molar refractivity (Wildman–Crippen MR) is 76.4 cm³/mol. The lowest BCUT2D eigenvalue weighted by Gasteiger charge is -2.15. The van der Waals surface area contributed by atoms with Crippen LogP contribution in [0.25, 0.3) is 0 Å². The van der Waals surface area contributed by atoms with E-state index >= 15 is 0 Å². The molecule has 0 unspecified atom stereocenters. The molecular formula is C14H15F4N3O3. The Morgan fingerprint density at radius 1 is 1.38 bits per heavy atom. The molecule has 1 saturated heterocycles. The molecule has 10 heteroatoms. The number of rotatable bonds is 5. The molecule has 0 radical (unpaired) electrons. The van der Waals surface area contributed by atoms with Gasteiger partial charge in [0.2, 0.25) is 0 Å². The number of non-ortho nitro benzene ring substituents is 1. The van der Waals surface area contributed by atoms with Gasteiger partial charge in [-0.1, -0.05) is 0 Å². The number of halogens is 4. The van der Waals surface area contributed by atoms with E-state index in [1.165, 1.54) is 0 Å². The molecule has 1 heterocycles. The number of hydrogen-bond acceptors (Lipinski definition) is 4. The number of carbonyl (C=O) groups excluding carboxylic acids is 1. The van der Waals surface area contributed by atoms with Gasteiger partial charge in [0.05, 0.1) is 10.5 Å². The molecule has 0 spiro atoms. The summed E-state index contributed by atoms with van der Waals surface area (Å²) in [6, 6.07) is 1.73. The minimum atomic E-state index is -4.80. The molecular weight excluding hydrogens is 334 g/mol. The van der Waals surface area contributed by atoms with Crippen molar-refractivity contribution in [3.05, 3.63) is 39.4 Å². The SMILES string of the molecule is O=C(NCCN1CC[C@@H](F)C1)c1cc([N+](=O)[O-])cc(C(F)(F)F)c1. The highest BCUT2D eigenvalue weighted by Crippen LogP contribution is 2.32. The Labute approximate surface area is 134 Å². The number of nitro groups is 1. The van der Waals surface area contributed by atoms with Crippen molar-refractivity contribution in [2.75, 3.05) is 26.2 Å². The van der Waals surface area contributed by atoms with Crippen molar-refractivity contribution in [2.24, 2.45) is 0 Å². The summed E-state index contributed by atoms with van der Waals surface area (Å²) in [6.45, 7) is 1.26. The van der Waals surface area contributed by atoms with Crippen LogP contribution < -0.4 is 5.32 Å². The molecule has 1 atom stereocenters. The summed E-state index contributed by atoms with van der Waals surface area (Å²) < 4.78 is 51.3. The summed E-state index contributed by atoms with van der Waals surface area (Å²) in [7, 11) is 0. The highest BCUT2D eigenvalue weighted by atomic mass is 19.4. The number of amides is 1. The van der Waals surface area contributed by atoms with Gasteiger partial charge in [0.15, 0.2) is 0 Å². The van der Waals surface area contributed by atoms with E-state index in [4.69, 9.17) is 0 Å². The van der Waals surface area contributed by atoms with E-state index in [0.717, 1.165) is 6.07 Å². The molecule has 132 valence electrons. The molecule has 0 aromatic heterocycles. The van der Waals surface area contributed by atoms with Gasteiger partial charge in [-0.3, -0.25) is 19.8 Å². The average Bonchev–Trinajstić information content (AvgIpc) is 2.91. The van der Waals surface area contributed by atoms with Crippen molar-refractivity contribution in [3.63, 3.8) is 0 Å². The lowest BCUT2D eigenvalue weighted by molar-refractivity contribution is -0.385. The van der Waals surface area contributed by atoms with Crippen LogP contribution in [0.3, 0.4) is 0 Å². The number of benzene rings is 1. The highest BCUT2D eigenvalue weighted by Gasteiger charge is 2.33. The van der Waals surface area contributed by atoms with Gasteiger partial charge in [0.25, 0.3) is 11.6 Å². The number of alkyl halides is 4. The molecule has 1 aliphatic rings. The van der Waals surface area contributed by atoms with Gasteiger partial charge >= 0.3 is 6.18 Å². The third-order valence-corrected chi connectivity index (χ3v) is 3.65. The summed E-state index contributed by atoms with van der Waals surface area (Å²) in [5.74, 6) is -0.847. The Kier molecular flexibility index (Phi) is 5.37. The second kappa shape index (κ2) is 7.12. The first-order valence-corrected chi connectivity index (χ1v) is 7.18. The summed E-state index contributed by atoms with van der Waals surface area (Å²) in [5.41, 5.74) is -2.52. The fourth-order valence-corrected chi connectivity index (χ4v) is 2.43. The first-order chi connectivity index (χ1) is 11.2. The smallest absolute Gasteiger partial charge is 0.351 e. The van der Waals surface area contributed by atoms with Crippen molar-refractivity contribution in [2.45, 2.75) is 18.8 Å². The van der Waals surface area contributed by atoms with E-state index < -0.39 is 40.0 Å². The second-order valence-electron chi connectivity index (χ2n) is 5.47. The van der Waals surface area contributed by atoms with E-state index in [1.807, 2.05) is 0 Å². The molecule has 1 aromatic rings. The van der Waals surface area contributed by atoms with Gasteiger partial charge in [-0.2, -0.15) is 13.2 Å². The fraction of sp³-hybridized carbons (Fsp3) is 0.500. The minimum Gasteiger partial charge on any atom is -0.351 e. The lowest BCUT2D eigenvalue weighted by Crippen LogP contribution is -2.34. The molecule has 0 aliphatic carbocycles. The van der Waals surface area contributed by atoms with Crippen molar-refractivity contribution in [1.29, 1.82) is 0 Å². The summed E-state index contributed by atoms with van der Waals surface area (Å²) >= 11 is 0. The van der Waals surface area contributed by atoms with E-state index in [9.17, 15) is 32.5 Å². The Morgan fingerprint density at radius 2 is 2.08 bits per heavy atom. The van der Waals surface area contributed by atoms with Crippen LogP contribution in [-0.4, -0.2) is 48.1 Å². The molecule has 24 heavy (non-hydrogen) atoms. The van der Waals surface area contributed by atoms with Crippen LogP contribution in [0.1, 0.15) is 22.3 Å². The van der Waals surface area contributed by atoms with Crippen LogP contribution in [0.15, 0.2) is 18.2 Å². The zero-order valence-electron chi connectivity index (χ0n) is 12.5. The molecule has 1 fully saturated rings. The predicted octanol–water partition coefficient (Wildman–Crippen LogP) is 2.39. The van der Waals surface area contributed by atoms with E-state index in [-0.39, 0.29) is 13.1 Å². The maximum Gasteiger partial charge on any atom is 0.416 e. The molecule has 6 nitrogen and oxygen atoms in total. The van der Waals surface area contributed by atoms with E-state index in [2.05, 4.69) is 5.32 Å². The van der Waals surface area contributed by atoms with Crippen molar-refractivity contribution < 1.29 is 27.3 Å². The minimum absolute atomic E-state index is 0.107. The molecule has 2 rings (SSSR count). The molecule has 1 aromatic carbocycles. The van der Waals surface area contributed by atoms with Crippen molar-refractivity contribution >= 4 is 11.6 Å². The number of hydrogen-bond donors (Lipinski definition) is 1. The summed E-state index contributed by atoms with van der Waals surface area (Å²) in [5, 5.41) is 13.1. The van der Waals surface area contributed by atoms with Crippen LogP contribution in [0, 0.1) is 10.1 Å². The van der Waals surface area contributed by atoms with Crippen molar-refractivity contribution in [1.82, 2.24) is 10.2 Å². The standard InChI is InChI=1S/C14H15F4N3O3/c15-11-1-3-20(8-11)4-2-19-13(22)9-5-10(14(16,17)18)7-12(6-9)21(23)24/h5-7,11H,1-4,8H2,(H,19,22)/t11-/m1/s1. The lowest BCUT2D eigenvalue weighted by atomic mass is 10.1. The Bertz CT molecular complexity index is 636. The quantitative estimate of drug-likeness (QED) is 0.503. The summed E-state index contributed by atoms with van der Waals surface area (Å²) in [6.07, 6.45) is -5.30. The third-order valence-electron chi connectivity index (χ3n) is 3.65. The maximum absolute atomic E-state index is 13.0. The highest BCUT2D eigenvalue weighted by molar-refractivity contribution is 5.95. The zero-order valence-corrected chi connectivity index (χ0v) is 12.5. The summed E-state index contributed by atoms with van der Waals surface area (Å²) in [4.78, 5) is 23.5. The van der Waals surface area contributed by atoms with Crippen LogP contribution in [0.5, 0.6) is 0 Å². The maximum atomic E-state index is 13.0. The number of nitrogens with zero attached hydrogens (tertiary/aromatic N) is 2. The van der Waals surface area contributed by atoms with Crippen molar-refractivity contribution in [3.8, 4) is 0 Å². The zero-order chi connectivity index (χ0) is 17.9. The Balaban J connectivity index is 2.05. The first kappa shape index (κ1) is 18.1. The number of nitrogens with one attached hydrogen (secondary N) is 1. The largest absolute Gasteiger partial charge is 0.416 e. The number of likely N-dealkylation sites (tertiary alicyclic amines) is 1. The van der Waals surface area contributed by atoms with Gasteiger partial charge in [0, 0.05) is 43.9 Å². The average molecular weight is 349 g/mol. The van der Waals surface area contributed by atoms with E-state index in [0.29, 0.717) is 31.6 Å². The van der Waals surface area contributed by atoms with Gasteiger partial charge in [-0.05, 0) is 12.5 Å². The third kappa shape index (κ3) is 4.63. The topological polar surface area (TPSA) is 75.5 Å². The molecule has 0 bridgehead atoms. The fourth-order valence-electron chi connectivity index (χ4n) is 2.43. The van der Waals surface area contributed by atoms with Crippen LogP contribution in [0.4, 0.5) is 23.2 Å². The van der Waals surface area contributed by atoms with Gasteiger partial charge in [-0.25, -0.2) is 4.39 Å². The molecule has 1 N–H and O–H groups in total. The van der Waals surface area contributed by atoms with Gasteiger partial charge in [0.1, 0.15) is 6.17 Å². The molecule has 0 saturated carbocycles. The Morgan fingerprint density at radius 3 is 2.62 bits per heavy atom.